The summed E-state index contributed by atoms with van der Waals surface area (Å²) in [5.74, 6) is -1.96. The van der Waals surface area contributed by atoms with Crippen molar-refractivity contribution in [3.8, 4) is 0 Å². The molecule has 0 saturated carbocycles. The van der Waals surface area contributed by atoms with E-state index < -0.39 is 17.9 Å². The monoisotopic (exact) mass is 544 g/mol. The lowest BCUT2D eigenvalue weighted by Crippen LogP contribution is -2.18. The summed E-state index contributed by atoms with van der Waals surface area (Å²) in [6.45, 7) is 1.55. The van der Waals surface area contributed by atoms with Gasteiger partial charge in [-0.05, 0) is 44.1 Å². The van der Waals surface area contributed by atoms with Crippen molar-refractivity contribution in [2.75, 3.05) is 27.9 Å². The van der Waals surface area contributed by atoms with E-state index in [4.69, 9.17) is 14.2 Å². The molecule has 0 atom stereocenters. The van der Waals surface area contributed by atoms with Crippen LogP contribution in [0.3, 0.4) is 0 Å². The second-order valence-electron chi connectivity index (χ2n) is 9.57. The lowest BCUT2D eigenvalue weighted by atomic mass is 9.99. The molecule has 0 heterocycles. The summed E-state index contributed by atoms with van der Waals surface area (Å²) in [6.07, 6.45) is 18.0. The van der Waals surface area contributed by atoms with Crippen molar-refractivity contribution < 1.29 is 33.3 Å². The molecule has 1 aromatic carbocycles. The average molecular weight is 545 g/mol. The maximum absolute atomic E-state index is 12.2. The molecule has 0 aliphatic heterocycles. The first-order valence-electron chi connectivity index (χ1n) is 14.3. The Kier molecular flexibility index (Phi) is 20.1. The van der Waals surface area contributed by atoms with Crippen LogP contribution in [-0.2, 0) is 39.9 Å². The van der Waals surface area contributed by atoms with Crippen LogP contribution in [0.2, 0.25) is 0 Å². The van der Waals surface area contributed by atoms with Gasteiger partial charge >= 0.3 is 17.9 Å². The van der Waals surface area contributed by atoms with Crippen LogP contribution in [0.4, 0.5) is 0 Å². The smallest absolute Gasteiger partial charge is 0.334 e. The molecule has 0 bridgehead atoms. The standard InChI is InChI=1S/C32H48O7/c1-36-30(33)25-29(32(35)38-3)28(31(34)37-2)23-19-14-12-10-8-6-4-5-7-9-11-13-15-20-24-39-26-27-21-17-16-18-22-27/h10,12,16-18,21-22H,4-9,11,13-15,19-20,23-26H2,1-3H3/b12-10-,29-28+. The number of carbonyl (C=O) groups is 3. The Labute approximate surface area is 234 Å². The minimum atomic E-state index is -0.722. The quantitative estimate of drug-likeness (QED) is 0.0509. The number of methoxy groups -OCH3 is 3. The summed E-state index contributed by atoms with van der Waals surface area (Å²) in [7, 11) is 3.69. The molecule has 0 N–H and O–H groups in total. The van der Waals surface area contributed by atoms with Crippen molar-refractivity contribution in [1.82, 2.24) is 0 Å². The number of rotatable bonds is 22. The lowest BCUT2D eigenvalue weighted by Gasteiger charge is -2.11. The topological polar surface area (TPSA) is 88.1 Å². The number of unbranched alkanes of at least 4 members (excludes halogenated alkanes) is 10. The Morgan fingerprint density at radius 2 is 1.18 bits per heavy atom. The Morgan fingerprint density at radius 3 is 1.77 bits per heavy atom. The molecule has 7 heteroatoms. The van der Waals surface area contributed by atoms with E-state index in [1.54, 1.807) is 0 Å². The van der Waals surface area contributed by atoms with Gasteiger partial charge in [-0.25, -0.2) is 9.59 Å². The Morgan fingerprint density at radius 1 is 0.641 bits per heavy atom. The number of allylic oxidation sites excluding steroid dienone is 2. The number of esters is 3. The molecule has 0 unspecified atom stereocenters. The third-order valence-electron chi connectivity index (χ3n) is 6.51. The fourth-order valence-electron chi connectivity index (χ4n) is 4.24. The predicted octanol–water partition coefficient (Wildman–Crippen LogP) is 7.04. The van der Waals surface area contributed by atoms with Crippen molar-refractivity contribution in [2.45, 2.75) is 96.5 Å². The van der Waals surface area contributed by atoms with Crippen LogP contribution in [0.15, 0.2) is 53.6 Å². The molecule has 1 aromatic rings. The maximum Gasteiger partial charge on any atom is 0.334 e. The van der Waals surface area contributed by atoms with Gasteiger partial charge in [0, 0.05) is 12.2 Å². The summed E-state index contributed by atoms with van der Waals surface area (Å²) >= 11 is 0. The Bertz CT molecular complexity index is 874. The van der Waals surface area contributed by atoms with E-state index in [0.29, 0.717) is 19.4 Å². The number of ether oxygens (including phenoxy) is 4. The van der Waals surface area contributed by atoms with E-state index in [2.05, 4.69) is 29.0 Å². The molecule has 0 aliphatic carbocycles. The van der Waals surface area contributed by atoms with Gasteiger partial charge in [-0.1, -0.05) is 87.4 Å². The molecular formula is C32H48O7. The van der Waals surface area contributed by atoms with E-state index in [9.17, 15) is 14.4 Å². The molecule has 0 aliphatic rings. The van der Waals surface area contributed by atoms with Crippen molar-refractivity contribution in [3.05, 3.63) is 59.2 Å². The largest absolute Gasteiger partial charge is 0.469 e. The predicted molar refractivity (Wildman–Crippen MR) is 153 cm³/mol. The zero-order valence-corrected chi connectivity index (χ0v) is 24.2. The van der Waals surface area contributed by atoms with Crippen LogP contribution in [0, 0.1) is 0 Å². The second-order valence-corrected chi connectivity index (χ2v) is 9.57. The van der Waals surface area contributed by atoms with Gasteiger partial charge in [0.05, 0.1) is 39.9 Å². The Hall–Kier alpha value is -2.93. The molecule has 7 nitrogen and oxygen atoms in total. The van der Waals surface area contributed by atoms with Gasteiger partial charge in [0.2, 0.25) is 0 Å². The summed E-state index contributed by atoms with van der Waals surface area (Å²) < 4.78 is 20.0. The van der Waals surface area contributed by atoms with Crippen molar-refractivity contribution in [1.29, 1.82) is 0 Å². The third-order valence-corrected chi connectivity index (χ3v) is 6.51. The highest BCUT2D eigenvalue weighted by Crippen LogP contribution is 2.20. The van der Waals surface area contributed by atoms with Crippen LogP contribution in [0.25, 0.3) is 0 Å². The highest BCUT2D eigenvalue weighted by Gasteiger charge is 2.24. The van der Waals surface area contributed by atoms with Gasteiger partial charge in [0.15, 0.2) is 0 Å². The van der Waals surface area contributed by atoms with Gasteiger partial charge in [-0.2, -0.15) is 0 Å². The van der Waals surface area contributed by atoms with Gasteiger partial charge in [-0.3, -0.25) is 4.79 Å². The van der Waals surface area contributed by atoms with E-state index in [1.165, 1.54) is 78.3 Å². The molecule has 1 rings (SSSR count). The minimum Gasteiger partial charge on any atom is -0.469 e. The van der Waals surface area contributed by atoms with E-state index in [0.717, 1.165) is 25.9 Å². The van der Waals surface area contributed by atoms with Gasteiger partial charge in [-0.15, -0.1) is 0 Å². The summed E-state index contributed by atoms with van der Waals surface area (Å²) in [5, 5.41) is 0. The van der Waals surface area contributed by atoms with Crippen LogP contribution in [-0.4, -0.2) is 45.8 Å². The van der Waals surface area contributed by atoms with Gasteiger partial charge in [0.25, 0.3) is 0 Å². The van der Waals surface area contributed by atoms with Crippen molar-refractivity contribution >= 4 is 17.9 Å². The minimum absolute atomic E-state index is 0.00645. The number of benzene rings is 1. The number of hydrogen-bond acceptors (Lipinski definition) is 7. The lowest BCUT2D eigenvalue weighted by molar-refractivity contribution is -0.143. The molecule has 0 amide bonds. The zero-order chi connectivity index (χ0) is 28.6. The molecule has 0 fully saturated rings. The van der Waals surface area contributed by atoms with E-state index in [-0.39, 0.29) is 17.6 Å². The number of hydrogen-bond donors (Lipinski definition) is 0. The van der Waals surface area contributed by atoms with E-state index in [1.807, 2.05) is 18.2 Å². The highest BCUT2D eigenvalue weighted by atomic mass is 16.5. The number of carbonyl (C=O) groups excluding carboxylic acids is 3. The molecule has 0 saturated heterocycles. The highest BCUT2D eigenvalue weighted by molar-refractivity contribution is 6.03. The van der Waals surface area contributed by atoms with Crippen LogP contribution < -0.4 is 0 Å². The summed E-state index contributed by atoms with van der Waals surface area (Å²) in [4.78, 5) is 36.1. The normalized spacial score (nSPS) is 11.8. The van der Waals surface area contributed by atoms with Gasteiger partial charge in [0.1, 0.15) is 0 Å². The molecule has 218 valence electrons. The van der Waals surface area contributed by atoms with Crippen LogP contribution >= 0.6 is 0 Å². The molecule has 0 spiro atoms. The van der Waals surface area contributed by atoms with Crippen LogP contribution in [0.5, 0.6) is 0 Å². The van der Waals surface area contributed by atoms with Crippen molar-refractivity contribution in [3.63, 3.8) is 0 Å². The molecule has 0 radical (unpaired) electrons. The molecule has 39 heavy (non-hydrogen) atoms. The second kappa shape index (κ2) is 23.0. The third kappa shape index (κ3) is 16.6. The first-order chi connectivity index (χ1) is 19.0. The fraction of sp³-hybridized carbons (Fsp3) is 0.594. The summed E-state index contributed by atoms with van der Waals surface area (Å²) in [5.41, 5.74) is 1.40. The molecule has 0 aromatic heterocycles. The van der Waals surface area contributed by atoms with Crippen LogP contribution in [0.1, 0.15) is 95.5 Å². The Balaban J connectivity index is 2.09. The molecular weight excluding hydrogens is 496 g/mol. The van der Waals surface area contributed by atoms with E-state index >= 15 is 0 Å². The fourth-order valence-corrected chi connectivity index (χ4v) is 4.24. The van der Waals surface area contributed by atoms with Crippen molar-refractivity contribution in [2.24, 2.45) is 0 Å². The summed E-state index contributed by atoms with van der Waals surface area (Å²) in [6, 6.07) is 10.3. The average Bonchev–Trinajstić information content (AvgIpc) is 2.97. The first kappa shape index (κ1) is 34.1. The first-order valence-corrected chi connectivity index (χ1v) is 14.3. The maximum atomic E-state index is 12.2. The SMILES string of the molecule is COC(=O)C/C(C(=O)OC)=C(/CCC/C=C\CCCCCCCCCCCOCc1ccccc1)C(=O)OC. The zero-order valence-electron chi connectivity index (χ0n) is 24.2. The van der Waals surface area contributed by atoms with Gasteiger partial charge < -0.3 is 18.9 Å².